The normalized spacial score (nSPS) is 21.2. The minimum absolute atomic E-state index is 0.0316. The lowest BCUT2D eigenvalue weighted by Crippen LogP contribution is -3.14. The maximum atomic E-state index is 12.0. The molecule has 1 fully saturated rings. The van der Waals surface area contributed by atoms with Crippen molar-refractivity contribution in [1.82, 2.24) is 0 Å². The van der Waals surface area contributed by atoms with Gasteiger partial charge in [0.1, 0.15) is 11.5 Å². The molecule has 0 bridgehead atoms. The number of anilines is 1. The number of carbonyl (C=O) groups excluding carboxylic acids is 2. The molecule has 0 spiro atoms. The van der Waals surface area contributed by atoms with E-state index < -0.39 is 5.91 Å². The van der Waals surface area contributed by atoms with E-state index in [1.165, 1.54) is 21.1 Å². The molecular weight excluding hydrogens is 286 g/mol. The van der Waals surface area contributed by atoms with Crippen LogP contribution < -0.4 is 16.0 Å². The van der Waals surface area contributed by atoms with Gasteiger partial charge in [0.2, 0.25) is 5.91 Å². The number of hydrogen-bond acceptors (Lipinski definition) is 3. The van der Waals surface area contributed by atoms with Gasteiger partial charge >= 0.3 is 0 Å². The third-order valence-electron chi connectivity index (χ3n) is 4.42. The molecule has 1 aromatic heterocycles. The van der Waals surface area contributed by atoms with Gasteiger partial charge in [-0.2, -0.15) is 0 Å². The van der Waals surface area contributed by atoms with Crippen LogP contribution in [0.3, 0.4) is 0 Å². The van der Waals surface area contributed by atoms with Gasteiger partial charge in [-0.15, -0.1) is 11.3 Å². The van der Waals surface area contributed by atoms with Crippen LogP contribution in [-0.2, 0) is 17.8 Å². The molecular formula is C15H22N3O2S+. The molecule has 1 unspecified atom stereocenters. The number of quaternary nitrogens is 1. The highest BCUT2D eigenvalue weighted by atomic mass is 32.1. The average molecular weight is 308 g/mol. The van der Waals surface area contributed by atoms with E-state index in [1.54, 1.807) is 0 Å². The average Bonchev–Trinajstić information content (AvgIpc) is 3.19. The highest BCUT2D eigenvalue weighted by molar-refractivity contribution is 7.17. The monoisotopic (exact) mass is 308 g/mol. The highest BCUT2D eigenvalue weighted by Gasteiger charge is 2.34. The number of amides is 2. The van der Waals surface area contributed by atoms with Gasteiger partial charge in [-0.3, -0.25) is 9.59 Å². The Hall–Kier alpha value is -1.40. The molecule has 2 amide bonds. The summed E-state index contributed by atoms with van der Waals surface area (Å²) in [7, 11) is 0. The first-order chi connectivity index (χ1) is 9.97. The van der Waals surface area contributed by atoms with Crippen molar-refractivity contribution >= 4 is 28.2 Å². The van der Waals surface area contributed by atoms with Crippen LogP contribution in [0.15, 0.2) is 0 Å². The van der Waals surface area contributed by atoms with Crippen molar-refractivity contribution in [2.24, 2.45) is 11.7 Å². The van der Waals surface area contributed by atoms with Gasteiger partial charge in [-0.25, -0.2) is 0 Å². The molecule has 0 aromatic carbocycles. The predicted molar refractivity (Wildman–Crippen MR) is 82.6 cm³/mol. The van der Waals surface area contributed by atoms with Crippen molar-refractivity contribution in [3.63, 3.8) is 0 Å². The molecule has 2 heterocycles. The van der Waals surface area contributed by atoms with Gasteiger partial charge in [0.05, 0.1) is 23.0 Å². The van der Waals surface area contributed by atoms with Gasteiger partial charge < -0.3 is 16.0 Å². The molecule has 1 atom stereocenters. The van der Waals surface area contributed by atoms with Crippen LogP contribution >= 0.6 is 11.3 Å². The van der Waals surface area contributed by atoms with E-state index in [0.717, 1.165) is 37.9 Å². The van der Waals surface area contributed by atoms with Crippen LogP contribution in [0.25, 0.3) is 0 Å². The van der Waals surface area contributed by atoms with Crippen LogP contribution in [0.1, 0.15) is 47.5 Å². The van der Waals surface area contributed by atoms with Gasteiger partial charge in [0, 0.05) is 12.3 Å². The second kappa shape index (κ2) is 5.42. The van der Waals surface area contributed by atoms with Crippen molar-refractivity contribution in [1.29, 1.82) is 0 Å². The molecule has 1 aliphatic carbocycles. The van der Waals surface area contributed by atoms with E-state index in [9.17, 15) is 9.59 Å². The van der Waals surface area contributed by atoms with Gasteiger partial charge in [-0.05, 0) is 32.3 Å². The Balaban J connectivity index is 1.90. The number of nitrogens with one attached hydrogen (secondary N) is 2. The standard InChI is InChI=1S/C15H21N3O2S/c1-8(2)18-6-5-10-11(7-18)21-15(12(10)13(16)19)17-14(20)9-3-4-9/h8-9H,3-7H2,1-2H3,(H2,16,19)(H,17,20)/p+1. The Morgan fingerprint density at radius 2 is 2.10 bits per heavy atom. The van der Waals surface area contributed by atoms with Crippen molar-refractivity contribution in [2.75, 3.05) is 11.9 Å². The molecule has 114 valence electrons. The summed E-state index contributed by atoms with van der Waals surface area (Å²) >= 11 is 1.53. The lowest BCUT2D eigenvalue weighted by molar-refractivity contribution is -0.936. The van der Waals surface area contributed by atoms with E-state index in [2.05, 4.69) is 19.2 Å². The third-order valence-corrected chi connectivity index (χ3v) is 5.57. The van der Waals surface area contributed by atoms with E-state index in [-0.39, 0.29) is 11.8 Å². The summed E-state index contributed by atoms with van der Waals surface area (Å²) in [6, 6.07) is 0.557. The number of primary amides is 1. The van der Waals surface area contributed by atoms with Crippen molar-refractivity contribution in [3.05, 3.63) is 16.0 Å². The first-order valence-corrected chi connectivity index (χ1v) is 8.38. The molecule has 3 rings (SSSR count). The third kappa shape index (κ3) is 2.82. The molecule has 4 N–H and O–H groups in total. The lowest BCUT2D eigenvalue weighted by atomic mass is 10.0. The second-order valence-electron chi connectivity index (χ2n) is 6.33. The summed E-state index contributed by atoms with van der Waals surface area (Å²) < 4.78 is 0. The molecule has 1 saturated carbocycles. The Morgan fingerprint density at radius 3 is 2.67 bits per heavy atom. The number of rotatable bonds is 4. The summed E-state index contributed by atoms with van der Waals surface area (Å²) in [4.78, 5) is 26.5. The van der Waals surface area contributed by atoms with Crippen LogP contribution in [0.5, 0.6) is 0 Å². The van der Waals surface area contributed by atoms with Crippen LogP contribution in [-0.4, -0.2) is 24.4 Å². The quantitative estimate of drug-likeness (QED) is 0.759. The van der Waals surface area contributed by atoms with Crippen molar-refractivity contribution < 1.29 is 14.5 Å². The number of thiophene rings is 1. The van der Waals surface area contributed by atoms with Crippen LogP contribution in [0, 0.1) is 5.92 Å². The number of carbonyl (C=O) groups is 2. The van der Waals surface area contributed by atoms with Gasteiger partial charge in [-0.1, -0.05) is 0 Å². The summed E-state index contributed by atoms with van der Waals surface area (Å²) in [6.07, 6.45) is 2.76. The van der Waals surface area contributed by atoms with E-state index in [1.807, 2.05) is 0 Å². The fourth-order valence-corrected chi connectivity index (χ4v) is 4.21. The topological polar surface area (TPSA) is 76.6 Å². The zero-order chi connectivity index (χ0) is 15.1. The van der Waals surface area contributed by atoms with Crippen LogP contribution in [0.4, 0.5) is 5.00 Å². The molecule has 2 aliphatic rings. The van der Waals surface area contributed by atoms with E-state index >= 15 is 0 Å². The number of fused-ring (bicyclic) bond motifs is 1. The molecule has 5 nitrogen and oxygen atoms in total. The van der Waals surface area contributed by atoms with E-state index in [4.69, 9.17) is 5.73 Å². The Bertz CT molecular complexity index is 590. The SMILES string of the molecule is CC(C)[NH+]1CCc2c(sc(NC(=O)C3CC3)c2C(N)=O)C1. The smallest absolute Gasteiger partial charge is 0.252 e. The molecule has 6 heteroatoms. The Morgan fingerprint density at radius 1 is 1.38 bits per heavy atom. The lowest BCUT2D eigenvalue weighted by Gasteiger charge is -2.27. The predicted octanol–water partition coefficient (Wildman–Crippen LogP) is 0.545. The fourth-order valence-electron chi connectivity index (χ4n) is 2.90. The minimum atomic E-state index is -0.424. The summed E-state index contributed by atoms with van der Waals surface area (Å²) in [6.45, 7) is 6.34. The summed E-state index contributed by atoms with van der Waals surface area (Å²) in [5.41, 5.74) is 7.16. The van der Waals surface area contributed by atoms with Crippen molar-refractivity contribution in [2.45, 2.75) is 45.7 Å². The fraction of sp³-hybridized carbons (Fsp3) is 0.600. The zero-order valence-electron chi connectivity index (χ0n) is 12.5. The number of nitrogens with two attached hydrogens (primary N) is 1. The number of hydrogen-bond donors (Lipinski definition) is 3. The summed E-state index contributed by atoms with van der Waals surface area (Å²) in [5.74, 6) is -0.265. The minimum Gasteiger partial charge on any atom is -0.365 e. The molecule has 1 aliphatic heterocycles. The van der Waals surface area contributed by atoms with Crippen molar-refractivity contribution in [3.8, 4) is 0 Å². The van der Waals surface area contributed by atoms with E-state index in [0.29, 0.717) is 16.6 Å². The highest BCUT2D eigenvalue weighted by Crippen LogP contribution is 2.37. The molecule has 0 saturated heterocycles. The molecule has 1 aromatic rings. The first kappa shape index (κ1) is 14.5. The van der Waals surface area contributed by atoms with Crippen LogP contribution in [0.2, 0.25) is 0 Å². The van der Waals surface area contributed by atoms with Gasteiger partial charge in [0.15, 0.2) is 0 Å². The summed E-state index contributed by atoms with van der Waals surface area (Å²) in [5, 5.41) is 3.59. The zero-order valence-corrected chi connectivity index (χ0v) is 13.3. The first-order valence-electron chi connectivity index (χ1n) is 7.57. The molecule has 0 radical (unpaired) electrons. The molecule has 21 heavy (non-hydrogen) atoms. The van der Waals surface area contributed by atoms with Gasteiger partial charge in [0.25, 0.3) is 5.91 Å². The largest absolute Gasteiger partial charge is 0.365 e. The Kier molecular flexibility index (Phi) is 3.75. The maximum Gasteiger partial charge on any atom is 0.252 e. The Labute approximate surface area is 128 Å². The maximum absolute atomic E-state index is 12.0. The second-order valence-corrected chi connectivity index (χ2v) is 7.43.